The molecule has 1 aromatic carbocycles. The molecule has 0 radical (unpaired) electrons. The average Bonchev–Trinajstić information content (AvgIpc) is 3.76. The number of aromatic nitrogens is 1. The molecule has 41 heavy (non-hydrogen) atoms. The Morgan fingerprint density at radius 1 is 1.00 bits per heavy atom. The van der Waals surface area contributed by atoms with Crippen LogP contribution in [0.15, 0.2) is 36.4 Å². The topological polar surface area (TPSA) is 77.0 Å². The number of hydrogen-bond acceptors (Lipinski definition) is 5. The monoisotopic (exact) mass is 592 g/mol. The van der Waals surface area contributed by atoms with Crippen LogP contribution in [0.25, 0.3) is 0 Å². The Hall–Kier alpha value is -2.85. The number of rotatable bonds is 7. The number of alkyl halides is 3. The van der Waals surface area contributed by atoms with E-state index in [4.69, 9.17) is 11.6 Å². The van der Waals surface area contributed by atoms with Crippen molar-refractivity contribution >= 4 is 29.2 Å². The van der Waals surface area contributed by atoms with E-state index in [1.807, 2.05) is 0 Å². The Morgan fingerprint density at radius 2 is 1.66 bits per heavy atom. The van der Waals surface area contributed by atoms with Crippen molar-refractivity contribution in [3.05, 3.63) is 58.2 Å². The van der Waals surface area contributed by atoms with E-state index in [1.165, 1.54) is 30.1 Å². The summed E-state index contributed by atoms with van der Waals surface area (Å²) >= 11 is 6.29. The molecule has 7 nitrogen and oxygen atoms in total. The first-order valence-corrected chi connectivity index (χ1v) is 14.5. The SMILES string of the molecule is CN(C)C(=O)c1ccc(N2CCC(C3CC(N(C)C(=O)[C@](O)(c4cccc(C5CC5)c4)C(F)(F)F)C3)CC2)nc1Cl. The van der Waals surface area contributed by atoms with Crippen LogP contribution in [0.1, 0.15) is 65.9 Å². The van der Waals surface area contributed by atoms with Crippen molar-refractivity contribution in [1.82, 2.24) is 14.8 Å². The highest BCUT2D eigenvalue weighted by atomic mass is 35.5. The molecular formula is C30H36ClF3N4O3. The van der Waals surface area contributed by atoms with Crippen LogP contribution in [0.2, 0.25) is 5.15 Å². The molecule has 2 aliphatic carbocycles. The quantitative estimate of drug-likeness (QED) is 0.446. The molecular weight excluding hydrogens is 557 g/mol. The van der Waals surface area contributed by atoms with Gasteiger partial charge in [-0.1, -0.05) is 35.9 Å². The van der Waals surface area contributed by atoms with E-state index >= 15 is 0 Å². The zero-order valence-corrected chi connectivity index (χ0v) is 24.3. The summed E-state index contributed by atoms with van der Waals surface area (Å²) in [5, 5.41) is 11.1. The summed E-state index contributed by atoms with van der Waals surface area (Å²) in [6.07, 6.45) is -0.370. The van der Waals surface area contributed by atoms with E-state index in [2.05, 4.69) is 9.88 Å². The fraction of sp³-hybridized carbons (Fsp3) is 0.567. The first kappa shape index (κ1) is 29.6. The van der Waals surface area contributed by atoms with Crippen LogP contribution in [0, 0.1) is 11.8 Å². The third-order valence-corrected chi connectivity index (χ3v) is 9.38. The molecule has 222 valence electrons. The summed E-state index contributed by atoms with van der Waals surface area (Å²) in [5.74, 6) is 0.0433. The third kappa shape index (κ3) is 5.65. The number of piperidine rings is 1. The first-order chi connectivity index (χ1) is 19.3. The van der Waals surface area contributed by atoms with Crippen molar-refractivity contribution in [3.63, 3.8) is 0 Å². The normalized spacial score (nSPS) is 23.0. The number of nitrogens with zero attached hydrogens (tertiary/aromatic N) is 4. The van der Waals surface area contributed by atoms with Crippen molar-refractivity contribution in [2.75, 3.05) is 39.1 Å². The molecule has 2 aromatic rings. The molecule has 2 amide bonds. The molecule has 11 heteroatoms. The Morgan fingerprint density at radius 3 is 2.22 bits per heavy atom. The molecule has 0 bridgehead atoms. The van der Waals surface area contributed by atoms with Gasteiger partial charge < -0.3 is 19.8 Å². The lowest BCUT2D eigenvalue weighted by Crippen LogP contribution is -2.59. The predicted octanol–water partition coefficient (Wildman–Crippen LogP) is 5.22. The Bertz CT molecular complexity index is 1300. The number of aliphatic hydroxyl groups is 1. The highest BCUT2D eigenvalue weighted by Gasteiger charge is 2.62. The second kappa shape index (κ2) is 11.1. The summed E-state index contributed by atoms with van der Waals surface area (Å²) in [5.41, 5.74) is -2.92. The van der Waals surface area contributed by atoms with Gasteiger partial charge in [-0.15, -0.1) is 0 Å². The van der Waals surface area contributed by atoms with Crippen molar-refractivity contribution < 1.29 is 27.9 Å². The van der Waals surface area contributed by atoms with Crippen LogP contribution >= 0.6 is 11.6 Å². The van der Waals surface area contributed by atoms with Crippen LogP contribution in [0.4, 0.5) is 19.0 Å². The molecule has 1 aromatic heterocycles. The molecule has 0 unspecified atom stereocenters. The highest BCUT2D eigenvalue weighted by molar-refractivity contribution is 6.32. The Labute approximate surface area is 243 Å². The van der Waals surface area contributed by atoms with Crippen LogP contribution in [0.3, 0.4) is 0 Å². The lowest BCUT2D eigenvalue weighted by atomic mass is 9.68. The second-order valence-corrected chi connectivity index (χ2v) is 12.3. The van der Waals surface area contributed by atoms with Gasteiger partial charge in [0.05, 0.1) is 5.56 Å². The predicted molar refractivity (Wildman–Crippen MR) is 150 cm³/mol. The van der Waals surface area contributed by atoms with E-state index in [0.717, 1.165) is 49.2 Å². The number of hydrogen-bond donors (Lipinski definition) is 1. The average molecular weight is 593 g/mol. The molecule has 5 rings (SSSR count). The van der Waals surface area contributed by atoms with Crippen LogP contribution < -0.4 is 4.90 Å². The van der Waals surface area contributed by atoms with Gasteiger partial charge >= 0.3 is 6.18 Å². The van der Waals surface area contributed by atoms with Crippen molar-refractivity contribution in [1.29, 1.82) is 0 Å². The van der Waals surface area contributed by atoms with Gasteiger partial charge in [-0.05, 0) is 74.0 Å². The minimum absolute atomic E-state index is 0.163. The maximum absolute atomic E-state index is 14.3. The number of carbonyl (C=O) groups excluding carboxylic acids is 2. The number of halogens is 4. The van der Waals surface area contributed by atoms with Crippen molar-refractivity contribution in [2.45, 2.75) is 62.3 Å². The summed E-state index contributed by atoms with van der Waals surface area (Å²) in [7, 11) is 4.67. The third-order valence-electron chi connectivity index (χ3n) is 9.09. The van der Waals surface area contributed by atoms with Gasteiger partial charge in [-0.3, -0.25) is 9.59 Å². The minimum Gasteiger partial charge on any atom is -0.369 e. The Kier molecular flexibility index (Phi) is 8.02. The molecule has 2 saturated carbocycles. The maximum atomic E-state index is 14.3. The minimum atomic E-state index is -5.15. The summed E-state index contributed by atoms with van der Waals surface area (Å²) < 4.78 is 42.8. The Balaban J connectivity index is 1.18. The summed E-state index contributed by atoms with van der Waals surface area (Å²) in [6, 6.07) is 8.90. The lowest BCUT2D eigenvalue weighted by molar-refractivity contribution is -0.263. The van der Waals surface area contributed by atoms with Crippen molar-refractivity contribution in [2.24, 2.45) is 11.8 Å². The number of benzene rings is 1. The molecule has 3 fully saturated rings. The van der Waals surface area contributed by atoms with Gasteiger partial charge in [0.1, 0.15) is 11.0 Å². The van der Waals surface area contributed by atoms with Gasteiger partial charge in [0, 0.05) is 45.8 Å². The van der Waals surface area contributed by atoms with Crippen LogP contribution in [-0.4, -0.2) is 78.2 Å². The number of amides is 2. The fourth-order valence-electron chi connectivity index (χ4n) is 6.20. The smallest absolute Gasteiger partial charge is 0.369 e. The van der Waals surface area contributed by atoms with Crippen molar-refractivity contribution in [3.8, 4) is 0 Å². The first-order valence-electron chi connectivity index (χ1n) is 14.1. The second-order valence-electron chi connectivity index (χ2n) is 11.9. The fourth-order valence-corrected chi connectivity index (χ4v) is 6.43. The lowest BCUT2D eigenvalue weighted by Gasteiger charge is -2.48. The van der Waals surface area contributed by atoms with Gasteiger partial charge in [0.25, 0.3) is 17.4 Å². The van der Waals surface area contributed by atoms with Crippen LogP contribution in [0.5, 0.6) is 0 Å². The van der Waals surface area contributed by atoms with E-state index in [9.17, 15) is 27.9 Å². The zero-order chi connectivity index (χ0) is 29.7. The number of carbonyl (C=O) groups is 2. The number of pyridine rings is 1. The summed E-state index contributed by atoms with van der Waals surface area (Å²) in [4.78, 5) is 34.6. The van der Waals surface area contributed by atoms with Gasteiger partial charge in [-0.25, -0.2) is 4.98 Å². The van der Waals surface area contributed by atoms with E-state index in [-0.39, 0.29) is 23.0 Å². The van der Waals surface area contributed by atoms with Gasteiger partial charge in [0.15, 0.2) is 0 Å². The standard InChI is InChI=1S/C30H36ClF3N4O3/c1-36(2)27(39)24-9-10-25(35-26(24)31)38-13-11-19(12-14-38)21-16-23(17-21)37(3)28(40)29(41,30(32,33)34)22-6-4-5-20(15-22)18-7-8-18/h4-6,9-10,15,18-19,21,23,41H,7-8,11-14,16-17H2,1-3H3/t21?,23?,29-/m1/s1. The molecule has 1 saturated heterocycles. The van der Waals surface area contributed by atoms with E-state index in [0.29, 0.717) is 36.1 Å². The molecule has 1 N–H and O–H groups in total. The summed E-state index contributed by atoms with van der Waals surface area (Å²) in [6.45, 7) is 1.49. The largest absolute Gasteiger partial charge is 0.430 e. The molecule has 0 spiro atoms. The number of anilines is 1. The van der Waals surface area contributed by atoms with E-state index < -0.39 is 23.2 Å². The zero-order valence-electron chi connectivity index (χ0n) is 23.5. The molecule has 1 atom stereocenters. The molecule has 1 aliphatic heterocycles. The molecule has 3 aliphatic rings. The van der Waals surface area contributed by atoms with E-state index in [1.54, 1.807) is 32.3 Å². The number of likely N-dealkylation sites (N-methyl/N-ethyl adjacent to an activating group) is 1. The van der Waals surface area contributed by atoms with Gasteiger partial charge in [0.2, 0.25) is 0 Å². The van der Waals surface area contributed by atoms with Gasteiger partial charge in [-0.2, -0.15) is 13.2 Å². The van der Waals surface area contributed by atoms with Crippen LogP contribution in [-0.2, 0) is 10.4 Å². The maximum Gasteiger partial charge on any atom is 0.430 e. The highest BCUT2D eigenvalue weighted by Crippen LogP contribution is 2.47. The molecule has 2 heterocycles.